The first-order chi connectivity index (χ1) is 9.46. The van der Waals surface area contributed by atoms with E-state index in [9.17, 15) is 8.42 Å². The van der Waals surface area contributed by atoms with Crippen molar-refractivity contribution in [2.75, 3.05) is 18.9 Å². The first kappa shape index (κ1) is 15.3. The number of hydrogen-bond acceptors (Lipinski definition) is 4. The first-order valence-corrected chi connectivity index (χ1v) is 8.39. The molecule has 1 unspecified atom stereocenters. The number of aliphatic hydroxyl groups is 1. The largest absolute Gasteiger partial charge is 0.398 e. The summed E-state index contributed by atoms with van der Waals surface area (Å²) in [5, 5.41) is 9.11. The molecule has 20 heavy (non-hydrogen) atoms. The van der Waals surface area contributed by atoms with E-state index in [1.807, 2.05) is 6.92 Å². The number of rotatable bonds is 4. The fourth-order valence-corrected chi connectivity index (χ4v) is 4.40. The average molecular weight is 298 g/mol. The minimum absolute atomic E-state index is 0.00667. The molecule has 1 saturated heterocycles. The molecule has 2 rings (SSSR count). The predicted octanol–water partition coefficient (Wildman–Crippen LogP) is 1.50. The minimum Gasteiger partial charge on any atom is -0.398 e. The molecule has 1 aliphatic rings. The molecule has 1 aromatic carbocycles. The second-order valence-electron chi connectivity index (χ2n) is 5.30. The van der Waals surface area contributed by atoms with Crippen molar-refractivity contribution in [1.29, 1.82) is 0 Å². The van der Waals surface area contributed by atoms with Crippen molar-refractivity contribution < 1.29 is 13.5 Å². The molecule has 1 aliphatic heterocycles. The Kier molecular flexibility index (Phi) is 4.67. The molecule has 1 fully saturated rings. The molecular weight excluding hydrogens is 276 g/mol. The van der Waals surface area contributed by atoms with Gasteiger partial charge in [0.15, 0.2) is 0 Å². The van der Waals surface area contributed by atoms with E-state index >= 15 is 0 Å². The maximum atomic E-state index is 12.7. The molecule has 0 radical (unpaired) electrons. The van der Waals surface area contributed by atoms with Gasteiger partial charge in [-0.15, -0.1) is 0 Å². The highest BCUT2D eigenvalue weighted by Crippen LogP contribution is 2.28. The van der Waals surface area contributed by atoms with Crippen LogP contribution in [0.15, 0.2) is 23.1 Å². The number of aryl methyl sites for hydroxylation is 1. The molecule has 0 aromatic heterocycles. The zero-order chi connectivity index (χ0) is 14.8. The first-order valence-electron chi connectivity index (χ1n) is 6.95. The normalized spacial score (nSPS) is 21.0. The quantitative estimate of drug-likeness (QED) is 0.825. The van der Waals surface area contributed by atoms with Crippen molar-refractivity contribution in [3.8, 4) is 0 Å². The molecule has 6 heteroatoms. The Bertz CT molecular complexity index is 570. The standard InChI is InChI=1S/C14H22N2O3S/c1-11-5-6-13(10-14(11)15)20(18,19)16-8-3-2-4-12(16)7-9-17/h5-6,10,12,17H,2-4,7-9,15H2,1H3. The van der Waals surface area contributed by atoms with E-state index in [0.29, 0.717) is 18.7 Å². The van der Waals surface area contributed by atoms with Crippen LogP contribution in [0.25, 0.3) is 0 Å². The fourth-order valence-electron chi connectivity index (χ4n) is 2.64. The molecule has 0 bridgehead atoms. The Labute approximate surface area is 120 Å². The van der Waals surface area contributed by atoms with Crippen LogP contribution in [0.1, 0.15) is 31.2 Å². The Morgan fingerprint density at radius 2 is 2.15 bits per heavy atom. The van der Waals surface area contributed by atoms with Crippen LogP contribution in [0.4, 0.5) is 5.69 Å². The highest BCUT2D eigenvalue weighted by Gasteiger charge is 2.33. The third kappa shape index (κ3) is 2.97. The zero-order valence-corrected chi connectivity index (χ0v) is 12.6. The third-order valence-electron chi connectivity index (χ3n) is 3.89. The third-order valence-corrected chi connectivity index (χ3v) is 5.84. The molecule has 112 valence electrons. The van der Waals surface area contributed by atoms with Gasteiger partial charge in [0, 0.05) is 24.9 Å². The minimum atomic E-state index is -3.53. The van der Waals surface area contributed by atoms with E-state index in [1.54, 1.807) is 12.1 Å². The van der Waals surface area contributed by atoms with Crippen LogP contribution in [0, 0.1) is 6.92 Å². The van der Waals surface area contributed by atoms with Gasteiger partial charge < -0.3 is 10.8 Å². The molecule has 1 atom stereocenters. The van der Waals surface area contributed by atoms with Crippen LogP contribution in [-0.4, -0.2) is 37.0 Å². The summed E-state index contributed by atoms with van der Waals surface area (Å²) in [6.45, 7) is 2.37. The number of nitrogen functional groups attached to an aromatic ring is 1. The molecule has 1 aromatic rings. The van der Waals surface area contributed by atoms with E-state index in [-0.39, 0.29) is 17.5 Å². The van der Waals surface area contributed by atoms with Gasteiger partial charge in [0.05, 0.1) is 4.90 Å². The second-order valence-corrected chi connectivity index (χ2v) is 7.19. The van der Waals surface area contributed by atoms with Crippen molar-refractivity contribution in [2.45, 2.75) is 43.5 Å². The highest BCUT2D eigenvalue weighted by molar-refractivity contribution is 7.89. The summed E-state index contributed by atoms with van der Waals surface area (Å²) in [7, 11) is -3.53. The average Bonchev–Trinajstić information content (AvgIpc) is 2.42. The molecular formula is C14H22N2O3S. The lowest BCUT2D eigenvalue weighted by molar-refractivity contribution is 0.192. The molecule has 0 aliphatic carbocycles. The van der Waals surface area contributed by atoms with E-state index in [0.717, 1.165) is 24.8 Å². The number of hydrogen-bond donors (Lipinski definition) is 2. The van der Waals surface area contributed by atoms with Crippen molar-refractivity contribution >= 4 is 15.7 Å². The van der Waals surface area contributed by atoms with Gasteiger partial charge in [0.1, 0.15) is 0 Å². The van der Waals surface area contributed by atoms with E-state index in [2.05, 4.69) is 0 Å². The lowest BCUT2D eigenvalue weighted by atomic mass is 10.0. The van der Waals surface area contributed by atoms with Gasteiger partial charge in [-0.2, -0.15) is 4.31 Å². The Balaban J connectivity index is 2.34. The fraction of sp³-hybridized carbons (Fsp3) is 0.571. The Morgan fingerprint density at radius 1 is 1.40 bits per heavy atom. The number of anilines is 1. The second kappa shape index (κ2) is 6.11. The van der Waals surface area contributed by atoms with Gasteiger partial charge >= 0.3 is 0 Å². The molecule has 0 spiro atoms. The van der Waals surface area contributed by atoms with Crippen molar-refractivity contribution in [2.24, 2.45) is 0 Å². The summed E-state index contributed by atoms with van der Waals surface area (Å²) in [5.41, 5.74) is 7.17. The van der Waals surface area contributed by atoms with E-state index < -0.39 is 10.0 Å². The van der Waals surface area contributed by atoms with Gasteiger partial charge in [-0.3, -0.25) is 0 Å². The number of sulfonamides is 1. The maximum absolute atomic E-state index is 12.7. The molecule has 1 heterocycles. The molecule has 3 N–H and O–H groups in total. The Hall–Kier alpha value is -1.11. The predicted molar refractivity (Wildman–Crippen MR) is 78.8 cm³/mol. The number of benzene rings is 1. The van der Waals surface area contributed by atoms with Crippen LogP contribution in [0.2, 0.25) is 0 Å². The van der Waals surface area contributed by atoms with Crippen molar-refractivity contribution in [3.05, 3.63) is 23.8 Å². The summed E-state index contributed by atoms with van der Waals surface area (Å²) < 4.78 is 27.0. The van der Waals surface area contributed by atoms with Crippen LogP contribution in [0.3, 0.4) is 0 Å². The van der Waals surface area contributed by atoms with Gasteiger partial charge in [-0.1, -0.05) is 12.5 Å². The number of nitrogens with two attached hydrogens (primary N) is 1. The van der Waals surface area contributed by atoms with Gasteiger partial charge in [0.2, 0.25) is 10.0 Å². The highest BCUT2D eigenvalue weighted by atomic mass is 32.2. The monoisotopic (exact) mass is 298 g/mol. The zero-order valence-electron chi connectivity index (χ0n) is 11.7. The van der Waals surface area contributed by atoms with Gasteiger partial charge in [0.25, 0.3) is 0 Å². The number of nitrogens with zero attached hydrogens (tertiary/aromatic N) is 1. The van der Waals surface area contributed by atoms with Crippen molar-refractivity contribution in [3.63, 3.8) is 0 Å². The van der Waals surface area contributed by atoms with Crippen LogP contribution in [0.5, 0.6) is 0 Å². The van der Waals surface area contributed by atoms with Gasteiger partial charge in [-0.25, -0.2) is 8.42 Å². The summed E-state index contributed by atoms with van der Waals surface area (Å²) >= 11 is 0. The summed E-state index contributed by atoms with van der Waals surface area (Å²) in [4.78, 5) is 0.241. The van der Waals surface area contributed by atoms with Crippen LogP contribution < -0.4 is 5.73 Å². The van der Waals surface area contributed by atoms with Crippen LogP contribution in [-0.2, 0) is 10.0 Å². The van der Waals surface area contributed by atoms with Gasteiger partial charge in [-0.05, 0) is 43.9 Å². The maximum Gasteiger partial charge on any atom is 0.243 e. The van der Waals surface area contributed by atoms with Crippen LogP contribution >= 0.6 is 0 Å². The molecule has 5 nitrogen and oxygen atoms in total. The summed E-state index contributed by atoms with van der Waals surface area (Å²) in [5.74, 6) is 0. The lowest BCUT2D eigenvalue weighted by Gasteiger charge is -2.34. The van der Waals surface area contributed by atoms with E-state index in [4.69, 9.17) is 10.8 Å². The lowest BCUT2D eigenvalue weighted by Crippen LogP contribution is -2.44. The smallest absolute Gasteiger partial charge is 0.243 e. The van der Waals surface area contributed by atoms with E-state index in [1.165, 1.54) is 10.4 Å². The molecule has 0 saturated carbocycles. The Morgan fingerprint density at radius 3 is 2.80 bits per heavy atom. The number of aliphatic hydroxyl groups excluding tert-OH is 1. The summed E-state index contributed by atoms with van der Waals surface area (Å²) in [6, 6.07) is 4.75. The van der Waals surface area contributed by atoms with Crippen molar-refractivity contribution in [1.82, 2.24) is 4.31 Å². The SMILES string of the molecule is Cc1ccc(S(=O)(=O)N2CCCCC2CCO)cc1N. The topological polar surface area (TPSA) is 83.6 Å². The number of piperidine rings is 1. The molecule has 0 amide bonds. The summed E-state index contributed by atoms with van der Waals surface area (Å²) in [6.07, 6.45) is 3.16.